The van der Waals surface area contributed by atoms with E-state index in [-0.39, 0.29) is 5.69 Å². The van der Waals surface area contributed by atoms with E-state index in [0.29, 0.717) is 16.7 Å². The number of esters is 1. The summed E-state index contributed by atoms with van der Waals surface area (Å²) in [5, 5.41) is 2.09. The first-order chi connectivity index (χ1) is 11.2. The van der Waals surface area contributed by atoms with Gasteiger partial charge >= 0.3 is 18.2 Å². The Kier molecular flexibility index (Phi) is 4.87. The van der Waals surface area contributed by atoms with Gasteiger partial charge in [-0.2, -0.15) is 13.2 Å². The number of benzene rings is 2. The molecule has 2 rings (SSSR count). The molecule has 0 unspecified atom stereocenters. The van der Waals surface area contributed by atoms with Crippen LogP contribution in [0, 0.1) is 12.7 Å². The van der Waals surface area contributed by atoms with Crippen molar-refractivity contribution < 1.29 is 31.9 Å². The van der Waals surface area contributed by atoms with Crippen molar-refractivity contribution in [1.29, 1.82) is 0 Å². The third-order valence-electron chi connectivity index (χ3n) is 2.98. The summed E-state index contributed by atoms with van der Waals surface area (Å²) < 4.78 is 53.0. The molecule has 4 nitrogen and oxygen atoms in total. The molecular formula is C16H11F4NO3. The highest BCUT2D eigenvalue weighted by molar-refractivity contribution is 5.97. The molecule has 0 aromatic heterocycles. The predicted molar refractivity (Wildman–Crippen MR) is 77.7 cm³/mol. The van der Waals surface area contributed by atoms with Gasteiger partial charge in [0.15, 0.2) is 0 Å². The Morgan fingerprint density at radius 3 is 2.25 bits per heavy atom. The SMILES string of the molecule is Cc1ccc(-c2ccc(F)cc2)c(NC(=O)OC(=O)C(F)(F)F)c1. The third-order valence-corrected chi connectivity index (χ3v) is 2.98. The lowest BCUT2D eigenvalue weighted by Gasteiger charge is -2.12. The number of hydrogen-bond acceptors (Lipinski definition) is 3. The number of aryl methyl sites for hydroxylation is 1. The third kappa shape index (κ3) is 4.31. The maximum absolute atomic E-state index is 13.0. The van der Waals surface area contributed by atoms with Crippen LogP contribution in [0.5, 0.6) is 0 Å². The quantitative estimate of drug-likeness (QED) is 0.499. The molecule has 1 amide bonds. The number of carbonyl (C=O) groups is 2. The minimum Gasteiger partial charge on any atom is -0.369 e. The van der Waals surface area contributed by atoms with E-state index in [0.717, 1.165) is 0 Å². The number of amides is 1. The van der Waals surface area contributed by atoms with Crippen molar-refractivity contribution in [3.8, 4) is 11.1 Å². The fourth-order valence-electron chi connectivity index (χ4n) is 1.92. The van der Waals surface area contributed by atoms with Gasteiger partial charge in [0.1, 0.15) is 5.82 Å². The Morgan fingerprint density at radius 2 is 1.67 bits per heavy atom. The molecule has 24 heavy (non-hydrogen) atoms. The number of carbonyl (C=O) groups excluding carboxylic acids is 2. The Hall–Kier alpha value is -2.90. The number of anilines is 1. The van der Waals surface area contributed by atoms with Gasteiger partial charge in [-0.15, -0.1) is 0 Å². The highest BCUT2D eigenvalue weighted by Gasteiger charge is 2.42. The maximum atomic E-state index is 13.0. The van der Waals surface area contributed by atoms with E-state index in [1.54, 1.807) is 19.1 Å². The van der Waals surface area contributed by atoms with Crippen molar-refractivity contribution in [3.63, 3.8) is 0 Å². The highest BCUT2D eigenvalue weighted by atomic mass is 19.4. The van der Waals surface area contributed by atoms with E-state index in [2.05, 4.69) is 10.1 Å². The smallest absolute Gasteiger partial charge is 0.369 e. The van der Waals surface area contributed by atoms with Gasteiger partial charge in [0.05, 0.1) is 5.69 Å². The van der Waals surface area contributed by atoms with Crippen molar-refractivity contribution in [3.05, 3.63) is 53.8 Å². The molecule has 0 bridgehead atoms. The molecule has 0 atom stereocenters. The van der Waals surface area contributed by atoms with Crippen LogP contribution >= 0.6 is 0 Å². The number of halogens is 4. The Morgan fingerprint density at radius 1 is 1.04 bits per heavy atom. The standard InChI is InChI=1S/C16H11F4NO3/c1-9-2-7-12(10-3-5-11(17)6-4-10)13(8-9)21-15(23)24-14(22)16(18,19)20/h2-8H,1H3,(H,21,23). The first-order valence-corrected chi connectivity index (χ1v) is 6.63. The summed E-state index contributed by atoms with van der Waals surface area (Å²) in [6, 6.07) is 10.1. The minimum absolute atomic E-state index is 0.126. The fourth-order valence-corrected chi connectivity index (χ4v) is 1.92. The van der Waals surface area contributed by atoms with Gasteiger partial charge in [-0.25, -0.2) is 14.0 Å². The van der Waals surface area contributed by atoms with Crippen LogP contribution in [0.1, 0.15) is 5.56 Å². The monoisotopic (exact) mass is 341 g/mol. The average Bonchev–Trinajstić information content (AvgIpc) is 2.47. The zero-order valence-electron chi connectivity index (χ0n) is 12.3. The molecule has 1 N–H and O–H groups in total. The van der Waals surface area contributed by atoms with Crippen LogP contribution in [0.25, 0.3) is 11.1 Å². The zero-order valence-corrected chi connectivity index (χ0v) is 12.3. The number of alkyl halides is 3. The molecule has 126 valence electrons. The molecule has 2 aromatic carbocycles. The zero-order chi connectivity index (χ0) is 17.9. The van der Waals surface area contributed by atoms with Gasteiger partial charge in [0.2, 0.25) is 0 Å². The van der Waals surface area contributed by atoms with Gasteiger partial charge in [-0.05, 0) is 36.2 Å². The first-order valence-electron chi connectivity index (χ1n) is 6.63. The van der Waals surface area contributed by atoms with Crippen molar-refractivity contribution in [1.82, 2.24) is 0 Å². The van der Waals surface area contributed by atoms with Gasteiger partial charge in [-0.1, -0.05) is 24.3 Å². The summed E-state index contributed by atoms with van der Waals surface area (Å²) in [4.78, 5) is 22.2. The van der Waals surface area contributed by atoms with Crippen molar-refractivity contribution >= 4 is 17.7 Å². The summed E-state index contributed by atoms with van der Waals surface area (Å²) in [6.07, 6.45) is -6.84. The Bertz CT molecular complexity index is 770. The Labute approximate surface area is 134 Å². The second-order valence-electron chi connectivity index (χ2n) is 4.86. The predicted octanol–water partition coefficient (Wildman–Crippen LogP) is 4.44. The number of hydrogen-bond donors (Lipinski definition) is 1. The second-order valence-corrected chi connectivity index (χ2v) is 4.86. The molecule has 0 saturated carbocycles. The van der Waals surface area contributed by atoms with E-state index >= 15 is 0 Å². The number of nitrogens with one attached hydrogen (secondary N) is 1. The van der Waals surface area contributed by atoms with Crippen LogP contribution in [0.4, 0.5) is 28.0 Å². The van der Waals surface area contributed by atoms with Crippen molar-refractivity contribution in [2.75, 3.05) is 5.32 Å². The van der Waals surface area contributed by atoms with Crippen LogP contribution < -0.4 is 5.32 Å². The van der Waals surface area contributed by atoms with Gasteiger partial charge in [0.25, 0.3) is 0 Å². The average molecular weight is 341 g/mol. The molecule has 2 aromatic rings. The molecule has 0 aliphatic heterocycles. The molecule has 0 heterocycles. The van der Waals surface area contributed by atoms with Crippen LogP contribution in [-0.4, -0.2) is 18.2 Å². The lowest BCUT2D eigenvalue weighted by atomic mass is 10.0. The fraction of sp³-hybridized carbons (Fsp3) is 0.125. The van der Waals surface area contributed by atoms with Gasteiger partial charge in [-0.3, -0.25) is 5.32 Å². The summed E-state index contributed by atoms with van der Waals surface area (Å²) in [5.74, 6) is -3.08. The summed E-state index contributed by atoms with van der Waals surface area (Å²) in [7, 11) is 0. The normalized spacial score (nSPS) is 11.0. The van der Waals surface area contributed by atoms with Crippen molar-refractivity contribution in [2.24, 2.45) is 0 Å². The van der Waals surface area contributed by atoms with E-state index in [4.69, 9.17) is 0 Å². The summed E-state index contributed by atoms with van der Waals surface area (Å²) >= 11 is 0. The van der Waals surface area contributed by atoms with Crippen LogP contribution in [0.15, 0.2) is 42.5 Å². The lowest BCUT2D eigenvalue weighted by Crippen LogP contribution is -2.30. The molecule has 0 saturated heterocycles. The van der Waals surface area contributed by atoms with E-state index in [1.165, 1.54) is 30.3 Å². The second kappa shape index (κ2) is 6.69. The molecule has 8 heteroatoms. The number of rotatable bonds is 2. The van der Waals surface area contributed by atoms with E-state index in [9.17, 15) is 27.2 Å². The molecule has 0 aliphatic carbocycles. The van der Waals surface area contributed by atoms with E-state index in [1.807, 2.05) is 0 Å². The molecule has 0 fully saturated rings. The maximum Gasteiger partial charge on any atom is 0.491 e. The molecule has 0 aliphatic rings. The molecular weight excluding hydrogens is 330 g/mol. The molecule has 0 spiro atoms. The minimum atomic E-state index is -5.27. The topological polar surface area (TPSA) is 55.4 Å². The molecule has 0 radical (unpaired) electrons. The van der Waals surface area contributed by atoms with Crippen LogP contribution in [0.3, 0.4) is 0 Å². The highest BCUT2D eigenvalue weighted by Crippen LogP contribution is 2.29. The summed E-state index contributed by atoms with van der Waals surface area (Å²) in [5.41, 5.74) is 1.78. The first kappa shape index (κ1) is 17.5. The number of ether oxygens (including phenoxy) is 1. The lowest BCUT2D eigenvalue weighted by molar-refractivity contribution is -0.192. The Balaban J connectivity index is 2.26. The van der Waals surface area contributed by atoms with Gasteiger partial charge in [0, 0.05) is 5.56 Å². The van der Waals surface area contributed by atoms with Crippen molar-refractivity contribution in [2.45, 2.75) is 13.1 Å². The van der Waals surface area contributed by atoms with Crippen LogP contribution in [0.2, 0.25) is 0 Å². The van der Waals surface area contributed by atoms with Crippen LogP contribution in [-0.2, 0) is 9.53 Å². The summed E-state index contributed by atoms with van der Waals surface area (Å²) in [6.45, 7) is 1.70. The van der Waals surface area contributed by atoms with E-state index < -0.39 is 24.1 Å². The van der Waals surface area contributed by atoms with Gasteiger partial charge < -0.3 is 4.74 Å². The largest absolute Gasteiger partial charge is 0.491 e.